The number of carbonyl (C=O) groups is 4. The summed E-state index contributed by atoms with van der Waals surface area (Å²) in [4.78, 5) is 53.3. The molecule has 3 aromatic rings. The van der Waals surface area contributed by atoms with Crippen molar-refractivity contribution in [2.75, 3.05) is 16.8 Å². The Morgan fingerprint density at radius 1 is 0.872 bits per heavy atom. The molecule has 0 unspecified atom stereocenters. The highest BCUT2D eigenvalue weighted by molar-refractivity contribution is 6.42. The molecule has 5 atom stereocenters. The number of hydrogen-bond acceptors (Lipinski definition) is 5. The van der Waals surface area contributed by atoms with Crippen molar-refractivity contribution >= 4 is 58.3 Å². The molecule has 3 amide bonds. The summed E-state index contributed by atoms with van der Waals surface area (Å²) >= 11 is 11.8. The van der Waals surface area contributed by atoms with E-state index in [2.05, 4.69) is 17.4 Å². The van der Waals surface area contributed by atoms with E-state index in [4.69, 9.17) is 27.9 Å². The van der Waals surface area contributed by atoms with Gasteiger partial charge < -0.3 is 10.1 Å². The van der Waals surface area contributed by atoms with E-state index in [0.717, 1.165) is 12.8 Å². The van der Waals surface area contributed by atoms with Gasteiger partial charge in [0.25, 0.3) is 5.91 Å². The zero-order valence-electron chi connectivity index (χ0n) is 20.7. The first kappa shape index (κ1) is 25.6. The molecule has 2 saturated carbocycles. The van der Waals surface area contributed by atoms with Crippen LogP contribution in [0.2, 0.25) is 10.0 Å². The molecule has 9 heteroatoms. The highest BCUT2D eigenvalue weighted by Crippen LogP contribution is 2.61. The molecule has 39 heavy (non-hydrogen) atoms. The molecule has 1 heterocycles. The van der Waals surface area contributed by atoms with Gasteiger partial charge >= 0.3 is 5.97 Å². The van der Waals surface area contributed by atoms with E-state index in [1.165, 1.54) is 28.7 Å². The Balaban J connectivity index is 1.13. The fourth-order valence-electron chi connectivity index (χ4n) is 6.55. The molecular weight excluding hydrogens is 539 g/mol. The van der Waals surface area contributed by atoms with Gasteiger partial charge in [-0.2, -0.15) is 0 Å². The van der Waals surface area contributed by atoms with Crippen LogP contribution in [0.1, 0.15) is 34.7 Å². The van der Waals surface area contributed by atoms with Gasteiger partial charge in [-0.1, -0.05) is 59.6 Å². The number of esters is 1. The zero-order valence-corrected chi connectivity index (χ0v) is 22.2. The first-order valence-electron chi connectivity index (χ1n) is 12.8. The van der Waals surface area contributed by atoms with Crippen LogP contribution in [0.25, 0.3) is 0 Å². The Kier molecular flexibility index (Phi) is 6.65. The molecule has 2 bridgehead atoms. The molecule has 0 spiro atoms. The second-order valence-corrected chi connectivity index (χ2v) is 11.1. The Morgan fingerprint density at radius 3 is 2.41 bits per heavy atom. The zero-order chi connectivity index (χ0) is 27.3. The van der Waals surface area contributed by atoms with Gasteiger partial charge in [-0.25, -0.2) is 4.79 Å². The van der Waals surface area contributed by atoms with E-state index in [1.54, 1.807) is 24.3 Å². The van der Waals surface area contributed by atoms with E-state index in [9.17, 15) is 19.2 Å². The van der Waals surface area contributed by atoms with Crippen LogP contribution < -0.4 is 10.2 Å². The van der Waals surface area contributed by atoms with Gasteiger partial charge in [-0.15, -0.1) is 0 Å². The highest BCUT2D eigenvalue weighted by atomic mass is 35.5. The molecule has 1 aliphatic heterocycles. The van der Waals surface area contributed by atoms with Crippen LogP contribution in [-0.2, 0) is 19.1 Å². The molecule has 198 valence electrons. The standard InChI is InChI=1S/C30H24Cl2N2O5/c31-23-10-9-19(14-24(23)32)33-25(35)15-39-30(38)17-7-4-8-20(11-17)34-28(36)26-18-12-21(16-5-2-1-3-6-16)22(13-18)27(26)29(34)37/h1-11,14,18,21-22,26-27H,12-13,15H2,(H,33,35)/t18-,21+,22+,26+,27-/m0/s1. The third-order valence-electron chi connectivity index (χ3n) is 8.12. The van der Waals surface area contributed by atoms with E-state index >= 15 is 0 Å². The molecule has 1 saturated heterocycles. The summed E-state index contributed by atoms with van der Waals surface area (Å²) in [6.45, 7) is -0.529. The minimum absolute atomic E-state index is 0.131. The van der Waals surface area contributed by atoms with E-state index in [1.807, 2.05) is 18.2 Å². The molecule has 1 N–H and O–H groups in total. The van der Waals surface area contributed by atoms with Crippen LogP contribution in [0.5, 0.6) is 0 Å². The summed E-state index contributed by atoms with van der Waals surface area (Å²) in [6.07, 6.45) is 1.79. The molecule has 0 aromatic heterocycles. The number of benzene rings is 3. The number of halogens is 2. The molecule has 2 aliphatic carbocycles. The first-order chi connectivity index (χ1) is 18.8. The second-order valence-electron chi connectivity index (χ2n) is 10.3. The summed E-state index contributed by atoms with van der Waals surface area (Å²) in [5, 5.41) is 3.21. The third-order valence-corrected chi connectivity index (χ3v) is 8.86. The van der Waals surface area contributed by atoms with E-state index in [-0.39, 0.29) is 52.0 Å². The van der Waals surface area contributed by atoms with Crippen molar-refractivity contribution in [1.29, 1.82) is 0 Å². The molecule has 0 radical (unpaired) electrons. The van der Waals surface area contributed by atoms with Crippen molar-refractivity contribution < 1.29 is 23.9 Å². The minimum Gasteiger partial charge on any atom is -0.452 e. The maximum atomic E-state index is 13.6. The van der Waals surface area contributed by atoms with E-state index in [0.29, 0.717) is 16.4 Å². The lowest BCUT2D eigenvalue weighted by Crippen LogP contribution is -2.33. The van der Waals surface area contributed by atoms with Crippen LogP contribution in [-0.4, -0.2) is 30.3 Å². The van der Waals surface area contributed by atoms with Crippen molar-refractivity contribution in [3.05, 3.63) is 94.0 Å². The maximum absolute atomic E-state index is 13.6. The molecule has 3 aromatic carbocycles. The second kappa shape index (κ2) is 10.1. The number of nitrogens with one attached hydrogen (secondary N) is 1. The first-order valence-corrected chi connectivity index (χ1v) is 13.5. The molecule has 3 fully saturated rings. The van der Waals surface area contributed by atoms with Crippen molar-refractivity contribution in [2.24, 2.45) is 23.7 Å². The van der Waals surface area contributed by atoms with Crippen LogP contribution >= 0.6 is 23.2 Å². The maximum Gasteiger partial charge on any atom is 0.338 e. The number of hydrogen-bond donors (Lipinski definition) is 1. The largest absolute Gasteiger partial charge is 0.452 e. The fraction of sp³-hybridized carbons (Fsp3) is 0.267. The van der Waals surface area contributed by atoms with Gasteiger partial charge in [0.1, 0.15) is 0 Å². The molecular formula is C30H24Cl2N2O5. The van der Waals surface area contributed by atoms with Gasteiger partial charge in [0, 0.05) is 5.69 Å². The summed E-state index contributed by atoms with van der Waals surface area (Å²) in [5.74, 6) is -1.79. The minimum atomic E-state index is -0.746. The number of fused-ring (bicyclic) bond motifs is 5. The van der Waals surface area contributed by atoms with Gasteiger partial charge in [0.2, 0.25) is 11.8 Å². The highest BCUT2D eigenvalue weighted by Gasteiger charge is 2.64. The topological polar surface area (TPSA) is 92.8 Å². The van der Waals surface area contributed by atoms with Gasteiger partial charge in [0.05, 0.1) is 33.1 Å². The van der Waals surface area contributed by atoms with Gasteiger partial charge in [0.15, 0.2) is 6.61 Å². The van der Waals surface area contributed by atoms with Gasteiger partial charge in [-0.05, 0) is 72.6 Å². The summed E-state index contributed by atoms with van der Waals surface area (Å²) in [5.41, 5.74) is 2.10. The number of rotatable bonds is 6. The van der Waals surface area contributed by atoms with Crippen LogP contribution in [0, 0.1) is 23.7 Å². The predicted molar refractivity (Wildman–Crippen MR) is 147 cm³/mol. The number of anilines is 2. The van der Waals surface area contributed by atoms with Crippen molar-refractivity contribution in [3.63, 3.8) is 0 Å². The summed E-state index contributed by atoms with van der Waals surface area (Å²) < 4.78 is 5.17. The van der Waals surface area contributed by atoms with Gasteiger partial charge in [-0.3, -0.25) is 19.3 Å². The quantitative estimate of drug-likeness (QED) is 0.306. The SMILES string of the molecule is O=C(COC(=O)c1cccc(N2C(=O)[C@@H]3[C@@H]4C[C@@H]([C@@H]3C2=O)[C@@H](c2ccccc2)C4)c1)Nc1ccc(Cl)c(Cl)c1. The van der Waals surface area contributed by atoms with Crippen LogP contribution in [0.15, 0.2) is 72.8 Å². The fourth-order valence-corrected chi connectivity index (χ4v) is 6.85. The number of ether oxygens (including phenoxy) is 1. The number of nitrogens with zero attached hydrogens (tertiary/aromatic N) is 1. The molecule has 6 rings (SSSR count). The number of imide groups is 1. The molecule has 3 aliphatic rings. The monoisotopic (exact) mass is 562 g/mol. The Morgan fingerprint density at radius 2 is 1.64 bits per heavy atom. The Labute approximate surface area is 235 Å². The van der Waals surface area contributed by atoms with E-state index < -0.39 is 18.5 Å². The molecule has 7 nitrogen and oxygen atoms in total. The third kappa shape index (κ3) is 4.60. The Bertz CT molecular complexity index is 1490. The number of carbonyl (C=O) groups excluding carboxylic acids is 4. The number of amides is 3. The Hall–Kier alpha value is -3.68. The lowest BCUT2D eigenvalue weighted by Gasteiger charge is -2.28. The average molecular weight is 563 g/mol. The van der Waals surface area contributed by atoms with Crippen molar-refractivity contribution in [3.8, 4) is 0 Å². The predicted octanol–water partition coefficient (Wildman–Crippen LogP) is 5.72. The van der Waals surface area contributed by atoms with Crippen LogP contribution in [0.4, 0.5) is 11.4 Å². The summed E-state index contributed by atoms with van der Waals surface area (Å²) in [6, 6.07) is 21.0. The van der Waals surface area contributed by atoms with Crippen molar-refractivity contribution in [1.82, 2.24) is 0 Å². The lowest BCUT2D eigenvalue weighted by atomic mass is 9.73. The van der Waals surface area contributed by atoms with Crippen molar-refractivity contribution in [2.45, 2.75) is 18.8 Å². The average Bonchev–Trinajstić information content (AvgIpc) is 3.61. The summed E-state index contributed by atoms with van der Waals surface area (Å²) in [7, 11) is 0. The van der Waals surface area contributed by atoms with Crippen LogP contribution in [0.3, 0.4) is 0 Å². The smallest absolute Gasteiger partial charge is 0.338 e. The lowest BCUT2D eigenvalue weighted by molar-refractivity contribution is -0.123. The normalized spacial score (nSPS) is 25.1.